The molecule has 0 spiro atoms. The van der Waals surface area contributed by atoms with Crippen molar-refractivity contribution in [3.05, 3.63) is 34.4 Å². The van der Waals surface area contributed by atoms with Crippen molar-refractivity contribution in [1.82, 2.24) is 4.57 Å². The van der Waals surface area contributed by atoms with E-state index in [1.165, 1.54) is 0 Å². The van der Waals surface area contributed by atoms with Gasteiger partial charge in [-0.3, -0.25) is 4.79 Å². The van der Waals surface area contributed by atoms with Crippen molar-refractivity contribution in [2.75, 3.05) is 0 Å². The van der Waals surface area contributed by atoms with Gasteiger partial charge in [0.05, 0.1) is 11.0 Å². The molecule has 78 valence electrons. The molecular weight excluding hydrogens is 258 g/mol. The highest BCUT2D eigenvalue weighted by atomic mass is 79.9. The summed E-state index contributed by atoms with van der Waals surface area (Å²) in [4.78, 5) is 10.6. The number of benzene rings is 1. The van der Waals surface area contributed by atoms with E-state index >= 15 is 0 Å². The van der Waals surface area contributed by atoms with Crippen molar-refractivity contribution >= 4 is 32.8 Å². The number of fused-ring (bicyclic) bond motifs is 1. The molecule has 3 nitrogen and oxygen atoms in total. The second kappa shape index (κ2) is 3.70. The van der Waals surface area contributed by atoms with Gasteiger partial charge in [-0.05, 0) is 39.7 Å². The molecule has 0 atom stereocenters. The average Bonchev–Trinajstić information content (AvgIpc) is 2.41. The van der Waals surface area contributed by atoms with E-state index in [4.69, 9.17) is 5.11 Å². The zero-order valence-corrected chi connectivity index (χ0v) is 9.78. The zero-order chi connectivity index (χ0) is 11.0. The van der Waals surface area contributed by atoms with E-state index in [0.717, 1.165) is 21.1 Å². The second-order valence-electron chi connectivity index (χ2n) is 3.49. The van der Waals surface area contributed by atoms with E-state index in [1.807, 2.05) is 35.9 Å². The van der Waals surface area contributed by atoms with Gasteiger partial charge in [-0.1, -0.05) is 6.07 Å². The van der Waals surface area contributed by atoms with Crippen molar-refractivity contribution in [1.29, 1.82) is 0 Å². The Labute approximate surface area is 95.5 Å². The van der Waals surface area contributed by atoms with Crippen LogP contribution in [0.3, 0.4) is 0 Å². The average molecular weight is 268 g/mol. The summed E-state index contributed by atoms with van der Waals surface area (Å²) in [6.45, 7) is 0. The molecule has 1 heterocycles. The van der Waals surface area contributed by atoms with Crippen LogP contribution in [0.5, 0.6) is 0 Å². The van der Waals surface area contributed by atoms with Crippen molar-refractivity contribution in [3.63, 3.8) is 0 Å². The summed E-state index contributed by atoms with van der Waals surface area (Å²) in [7, 11) is 1.96. The van der Waals surface area contributed by atoms with Crippen molar-refractivity contribution in [2.45, 2.75) is 6.42 Å². The lowest BCUT2D eigenvalue weighted by molar-refractivity contribution is -0.136. The Morgan fingerprint density at radius 1 is 1.47 bits per heavy atom. The van der Waals surface area contributed by atoms with Crippen LogP contribution < -0.4 is 0 Å². The van der Waals surface area contributed by atoms with E-state index in [9.17, 15) is 4.79 Å². The molecule has 2 rings (SSSR count). The molecule has 2 aromatic rings. The van der Waals surface area contributed by atoms with Gasteiger partial charge >= 0.3 is 5.97 Å². The molecule has 0 saturated carbocycles. The first-order chi connectivity index (χ1) is 7.08. The fourth-order valence-electron chi connectivity index (χ4n) is 1.65. The predicted molar refractivity (Wildman–Crippen MR) is 62.0 cm³/mol. The number of carboxylic acid groups (broad SMARTS) is 1. The van der Waals surface area contributed by atoms with Crippen molar-refractivity contribution in [3.8, 4) is 0 Å². The summed E-state index contributed by atoms with van der Waals surface area (Å²) in [5.41, 5.74) is 1.92. The van der Waals surface area contributed by atoms with Gasteiger partial charge in [0.25, 0.3) is 0 Å². The highest BCUT2D eigenvalue weighted by Crippen LogP contribution is 2.23. The summed E-state index contributed by atoms with van der Waals surface area (Å²) < 4.78 is 3.00. The number of hydrogen-bond acceptors (Lipinski definition) is 1. The lowest BCUT2D eigenvalue weighted by atomic mass is 10.1. The molecule has 0 aliphatic rings. The maximum Gasteiger partial charge on any atom is 0.307 e. The Bertz CT molecular complexity index is 531. The first-order valence-corrected chi connectivity index (χ1v) is 5.33. The SMILES string of the molecule is Cn1c(Br)cc2cc(CC(=O)O)ccc21. The number of carboxylic acids is 1. The van der Waals surface area contributed by atoms with E-state index in [0.29, 0.717) is 0 Å². The van der Waals surface area contributed by atoms with Gasteiger partial charge in [0.2, 0.25) is 0 Å². The number of aryl methyl sites for hydroxylation is 1. The van der Waals surface area contributed by atoms with Crippen LogP contribution in [0.25, 0.3) is 10.9 Å². The van der Waals surface area contributed by atoms with Gasteiger partial charge in [0.15, 0.2) is 0 Å². The number of aliphatic carboxylic acids is 1. The first-order valence-electron chi connectivity index (χ1n) is 4.53. The zero-order valence-electron chi connectivity index (χ0n) is 8.20. The van der Waals surface area contributed by atoms with E-state index in [-0.39, 0.29) is 6.42 Å². The maximum atomic E-state index is 10.6. The Morgan fingerprint density at radius 3 is 2.87 bits per heavy atom. The quantitative estimate of drug-likeness (QED) is 0.909. The molecule has 1 aromatic heterocycles. The number of hydrogen-bond donors (Lipinski definition) is 1. The van der Waals surface area contributed by atoms with Crippen LogP contribution in [0.2, 0.25) is 0 Å². The lowest BCUT2D eigenvalue weighted by Crippen LogP contribution is -1.99. The van der Waals surface area contributed by atoms with Crippen LogP contribution >= 0.6 is 15.9 Å². The molecule has 15 heavy (non-hydrogen) atoms. The van der Waals surface area contributed by atoms with Crippen LogP contribution in [0.15, 0.2) is 28.9 Å². The molecule has 0 unspecified atom stereocenters. The minimum atomic E-state index is -0.802. The molecule has 0 amide bonds. The highest BCUT2D eigenvalue weighted by Gasteiger charge is 2.05. The van der Waals surface area contributed by atoms with Crippen LogP contribution in [0.1, 0.15) is 5.56 Å². The monoisotopic (exact) mass is 267 g/mol. The van der Waals surface area contributed by atoms with Gasteiger partial charge in [0, 0.05) is 18.0 Å². The van der Waals surface area contributed by atoms with Crippen molar-refractivity contribution < 1.29 is 9.90 Å². The Kier molecular flexibility index (Phi) is 2.52. The Balaban J connectivity index is 2.52. The Hall–Kier alpha value is -1.29. The fourth-order valence-corrected chi connectivity index (χ4v) is 2.09. The smallest absolute Gasteiger partial charge is 0.307 e. The van der Waals surface area contributed by atoms with Crippen molar-refractivity contribution in [2.24, 2.45) is 7.05 Å². The third-order valence-electron chi connectivity index (χ3n) is 2.40. The van der Waals surface area contributed by atoms with Crippen LogP contribution in [-0.4, -0.2) is 15.6 Å². The van der Waals surface area contributed by atoms with E-state index < -0.39 is 5.97 Å². The number of halogens is 1. The number of rotatable bonds is 2. The first kappa shape index (κ1) is 10.2. The molecule has 0 aliphatic heterocycles. The molecule has 0 radical (unpaired) electrons. The molecule has 1 aromatic carbocycles. The summed E-state index contributed by atoms with van der Waals surface area (Å²) in [5.74, 6) is -0.802. The third kappa shape index (κ3) is 1.90. The molecule has 0 fully saturated rings. The fraction of sp³-hybridized carbons (Fsp3) is 0.182. The van der Waals surface area contributed by atoms with Gasteiger partial charge in [-0.2, -0.15) is 0 Å². The molecule has 1 N–H and O–H groups in total. The maximum absolute atomic E-state index is 10.6. The van der Waals surface area contributed by atoms with Crippen LogP contribution in [0.4, 0.5) is 0 Å². The summed E-state index contributed by atoms with van der Waals surface area (Å²) in [6, 6.07) is 7.69. The lowest BCUT2D eigenvalue weighted by Gasteiger charge is -1.99. The Morgan fingerprint density at radius 2 is 2.20 bits per heavy atom. The minimum absolute atomic E-state index is 0.0719. The second-order valence-corrected chi connectivity index (χ2v) is 4.30. The number of carbonyl (C=O) groups is 1. The molecule has 0 saturated heterocycles. The van der Waals surface area contributed by atoms with E-state index in [1.54, 1.807) is 0 Å². The van der Waals surface area contributed by atoms with Crippen LogP contribution in [-0.2, 0) is 18.3 Å². The molecular formula is C11H10BrNO2. The van der Waals surface area contributed by atoms with Gasteiger partial charge in [-0.25, -0.2) is 0 Å². The highest BCUT2D eigenvalue weighted by molar-refractivity contribution is 9.10. The largest absolute Gasteiger partial charge is 0.481 e. The molecule has 4 heteroatoms. The van der Waals surface area contributed by atoms with E-state index in [2.05, 4.69) is 15.9 Å². The number of nitrogens with zero attached hydrogens (tertiary/aromatic N) is 1. The summed E-state index contributed by atoms with van der Waals surface area (Å²) in [5, 5.41) is 9.74. The number of aromatic nitrogens is 1. The molecule has 0 aliphatic carbocycles. The third-order valence-corrected chi connectivity index (χ3v) is 3.16. The van der Waals surface area contributed by atoms with Gasteiger partial charge < -0.3 is 9.67 Å². The van der Waals surface area contributed by atoms with Gasteiger partial charge in [-0.15, -0.1) is 0 Å². The van der Waals surface area contributed by atoms with Crippen LogP contribution in [0, 0.1) is 0 Å². The minimum Gasteiger partial charge on any atom is -0.481 e. The van der Waals surface area contributed by atoms with Gasteiger partial charge in [0.1, 0.15) is 0 Å². The standard InChI is InChI=1S/C11H10BrNO2/c1-13-9-3-2-7(5-11(14)15)4-8(9)6-10(13)12/h2-4,6H,5H2,1H3,(H,14,15). The predicted octanol–water partition coefficient (Wildman–Crippen LogP) is 2.57. The topological polar surface area (TPSA) is 42.2 Å². The normalized spacial score (nSPS) is 10.8. The molecule has 0 bridgehead atoms. The summed E-state index contributed by atoms with van der Waals surface area (Å²) >= 11 is 3.43. The summed E-state index contributed by atoms with van der Waals surface area (Å²) in [6.07, 6.45) is 0.0719.